The molecule has 0 saturated carbocycles. The van der Waals surface area contributed by atoms with Crippen LogP contribution in [0.4, 0.5) is 11.4 Å². The number of nitro groups is 1. The molecule has 6 nitrogen and oxygen atoms in total. The second-order valence-corrected chi connectivity index (χ2v) is 4.55. The van der Waals surface area contributed by atoms with E-state index in [1.54, 1.807) is 30.5 Å². The highest BCUT2D eigenvalue weighted by Gasteiger charge is 2.20. The van der Waals surface area contributed by atoms with Crippen LogP contribution in [-0.2, 0) is 0 Å². The molecule has 20 heavy (non-hydrogen) atoms. The molecule has 0 bridgehead atoms. The predicted molar refractivity (Wildman–Crippen MR) is 77.8 cm³/mol. The fraction of sp³-hybridized carbons (Fsp3) is 0.357. The van der Waals surface area contributed by atoms with Crippen molar-refractivity contribution in [2.75, 3.05) is 11.9 Å². The van der Waals surface area contributed by atoms with Crippen molar-refractivity contribution in [2.24, 2.45) is 0 Å². The Balaban J connectivity index is 2.47. The first-order valence-corrected chi connectivity index (χ1v) is 6.57. The summed E-state index contributed by atoms with van der Waals surface area (Å²) in [6.07, 6.45) is 2.95. The topological polar surface area (TPSA) is 88.3 Å². The molecule has 2 aromatic rings. The summed E-state index contributed by atoms with van der Waals surface area (Å²) in [5.41, 5.74) is 1.10. The fourth-order valence-corrected chi connectivity index (χ4v) is 2.20. The van der Waals surface area contributed by atoms with Gasteiger partial charge in [0.15, 0.2) is 0 Å². The van der Waals surface area contributed by atoms with Crippen molar-refractivity contribution in [1.82, 2.24) is 4.98 Å². The van der Waals surface area contributed by atoms with Gasteiger partial charge in [-0.05, 0) is 37.1 Å². The molecule has 1 atom stereocenters. The number of nitro benzene ring substituents is 1. The zero-order chi connectivity index (χ0) is 14.5. The van der Waals surface area contributed by atoms with Crippen molar-refractivity contribution in [1.29, 1.82) is 0 Å². The number of nitrogens with zero attached hydrogens (tertiary/aromatic N) is 2. The number of benzene rings is 1. The van der Waals surface area contributed by atoms with Crippen LogP contribution in [0.15, 0.2) is 30.5 Å². The number of rotatable bonds is 6. The summed E-state index contributed by atoms with van der Waals surface area (Å²) in [6.45, 7) is 2.02. The van der Waals surface area contributed by atoms with E-state index in [2.05, 4.69) is 10.3 Å². The third kappa shape index (κ3) is 2.85. The number of hydrogen-bond donors (Lipinski definition) is 2. The van der Waals surface area contributed by atoms with E-state index in [-0.39, 0.29) is 18.3 Å². The third-order valence-corrected chi connectivity index (χ3v) is 3.27. The molecule has 0 saturated heterocycles. The smallest absolute Gasteiger partial charge is 0.301 e. The van der Waals surface area contributed by atoms with Crippen LogP contribution in [0.1, 0.15) is 19.8 Å². The molecule has 1 heterocycles. The van der Waals surface area contributed by atoms with Crippen molar-refractivity contribution in [3.63, 3.8) is 0 Å². The van der Waals surface area contributed by atoms with Crippen LogP contribution < -0.4 is 5.32 Å². The van der Waals surface area contributed by atoms with Gasteiger partial charge in [-0.15, -0.1) is 0 Å². The van der Waals surface area contributed by atoms with Crippen molar-refractivity contribution in [3.8, 4) is 0 Å². The summed E-state index contributed by atoms with van der Waals surface area (Å²) in [4.78, 5) is 15.1. The maximum atomic E-state index is 11.4. The van der Waals surface area contributed by atoms with E-state index >= 15 is 0 Å². The van der Waals surface area contributed by atoms with Gasteiger partial charge in [-0.25, -0.2) is 0 Å². The summed E-state index contributed by atoms with van der Waals surface area (Å²) < 4.78 is 0. The predicted octanol–water partition coefficient (Wildman–Crippen LogP) is 2.72. The molecule has 0 fully saturated rings. The highest BCUT2D eigenvalue weighted by molar-refractivity contribution is 5.94. The Morgan fingerprint density at radius 1 is 1.45 bits per heavy atom. The quantitative estimate of drug-likeness (QED) is 0.625. The molecule has 2 rings (SSSR count). The molecular weight excluding hydrogens is 258 g/mol. The number of hydrogen-bond acceptors (Lipinski definition) is 5. The third-order valence-electron chi connectivity index (χ3n) is 3.27. The molecule has 0 aliphatic rings. The summed E-state index contributed by atoms with van der Waals surface area (Å²) in [6, 6.07) is 6.82. The summed E-state index contributed by atoms with van der Waals surface area (Å²) in [5.74, 6) is 0. The lowest BCUT2D eigenvalue weighted by Gasteiger charge is -2.17. The fourth-order valence-electron chi connectivity index (χ4n) is 2.20. The van der Waals surface area contributed by atoms with Gasteiger partial charge in [0.05, 0.1) is 15.8 Å². The Morgan fingerprint density at radius 3 is 2.90 bits per heavy atom. The molecule has 1 aromatic carbocycles. The zero-order valence-electron chi connectivity index (χ0n) is 11.2. The Hall–Kier alpha value is -2.21. The van der Waals surface area contributed by atoms with Gasteiger partial charge in [0.1, 0.15) is 5.69 Å². The summed E-state index contributed by atoms with van der Waals surface area (Å²) in [5, 5.41) is 24.0. The number of pyridine rings is 1. The van der Waals surface area contributed by atoms with E-state index in [4.69, 9.17) is 5.11 Å². The van der Waals surface area contributed by atoms with Gasteiger partial charge in [0.2, 0.25) is 0 Å². The Bertz CT molecular complexity index is 616. The van der Waals surface area contributed by atoms with Gasteiger partial charge < -0.3 is 10.4 Å². The molecule has 2 N–H and O–H groups in total. The first-order chi connectivity index (χ1) is 9.67. The normalized spacial score (nSPS) is 12.3. The maximum absolute atomic E-state index is 11.4. The van der Waals surface area contributed by atoms with Crippen molar-refractivity contribution >= 4 is 22.3 Å². The second-order valence-electron chi connectivity index (χ2n) is 4.55. The number of fused-ring (bicyclic) bond motifs is 1. The van der Waals surface area contributed by atoms with E-state index in [1.165, 1.54) is 0 Å². The Kier molecular flexibility index (Phi) is 4.47. The van der Waals surface area contributed by atoms with Gasteiger partial charge in [-0.3, -0.25) is 15.1 Å². The number of aliphatic hydroxyl groups excluding tert-OH is 1. The van der Waals surface area contributed by atoms with Crippen LogP contribution in [0, 0.1) is 10.1 Å². The zero-order valence-corrected chi connectivity index (χ0v) is 11.2. The molecule has 0 aliphatic carbocycles. The standard InChI is InChI=1S/C14H17N3O3/c1-2-10(7-9-18)16-13-6-5-12-11(4-3-8-15-12)14(13)17(19)20/h3-6,8,10,16,18H,2,7,9H2,1H3. The molecule has 1 aromatic heterocycles. The van der Waals surface area contributed by atoms with Crippen molar-refractivity contribution in [3.05, 3.63) is 40.6 Å². The minimum atomic E-state index is -0.391. The number of aliphatic hydroxyl groups is 1. The molecule has 0 amide bonds. The Labute approximate surface area is 116 Å². The van der Waals surface area contributed by atoms with Crippen molar-refractivity contribution in [2.45, 2.75) is 25.8 Å². The average Bonchev–Trinajstić information content (AvgIpc) is 2.46. The van der Waals surface area contributed by atoms with Gasteiger partial charge in [0, 0.05) is 18.8 Å². The average molecular weight is 275 g/mol. The van der Waals surface area contributed by atoms with E-state index in [9.17, 15) is 10.1 Å². The maximum Gasteiger partial charge on any atom is 0.301 e. The molecule has 1 unspecified atom stereocenters. The van der Waals surface area contributed by atoms with Gasteiger partial charge in [-0.2, -0.15) is 0 Å². The van der Waals surface area contributed by atoms with Crippen LogP contribution in [-0.4, -0.2) is 27.7 Å². The van der Waals surface area contributed by atoms with E-state index in [0.29, 0.717) is 23.0 Å². The van der Waals surface area contributed by atoms with E-state index in [1.807, 2.05) is 6.92 Å². The first-order valence-electron chi connectivity index (χ1n) is 6.57. The molecule has 0 spiro atoms. The first kappa shape index (κ1) is 14.2. The van der Waals surface area contributed by atoms with Gasteiger partial charge in [0.25, 0.3) is 0 Å². The summed E-state index contributed by atoms with van der Waals surface area (Å²) in [7, 11) is 0. The highest BCUT2D eigenvalue weighted by atomic mass is 16.6. The molecule has 106 valence electrons. The molecule has 0 aliphatic heterocycles. The second kappa shape index (κ2) is 6.29. The monoisotopic (exact) mass is 275 g/mol. The van der Waals surface area contributed by atoms with Crippen LogP contribution in [0.2, 0.25) is 0 Å². The van der Waals surface area contributed by atoms with Gasteiger partial charge in [-0.1, -0.05) is 6.92 Å². The number of nitrogens with one attached hydrogen (secondary N) is 1. The molecular formula is C14H17N3O3. The SMILES string of the molecule is CCC(CCO)Nc1ccc2ncccc2c1[N+](=O)[O-]. The van der Waals surface area contributed by atoms with Crippen LogP contribution in [0.5, 0.6) is 0 Å². The largest absolute Gasteiger partial charge is 0.396 e. The summed E-state index contributed by atoms with van der Waals surface area (Å²) >= 11 is 0. The van der Waals surface area contributed by atoms with E-state index in [0.717, 1.165) is 6.42 Å². The van der Waals surface area contributed by atoms with Gasteiger partial charge >= 0.3 is 5.69 Å². The van der Waals surface area contributed by atoms with Crippen LogP contribution >= 0.6 is 0 Å². The van der Waals surface area contributed by atoms with Crippen LogP contribution in [0.25, 0.3) is 10.9 Å². The lowest BCUT2D eigenvalue weighted by atomic mass is 10.1. The number of aromatic nitrogens is 1. The molecule has 6 heteroatoms. The number of anilines is 1. The van der Waals surface area contributed by atoms with E-state index < -0.39 is 4.92 Å². The highest BCUT2D eigenvalue weighted by Crippen LogP contribution is 2.33. The minimum Gasteiger partial charge on any atom is -0.396 e. The van der Waals surface area contributed by atoms with Crippen LogP contribution in [0.3, 0.4) is 0 Å². The Morgan fingerprint density at radius 2 is 2.25 bits per heavy atom. The minimum absolute atomic E-state index is 0.00724. The van der Waals surface area contributed by atoms with Crippen molar-refractivity contribution < 1.29 is 10.0 Å². The molecule has 0 radical (unpaired) electrons. The lowest BCUT2D eigenvalue weighted by Crippen LogP contribution is -2.20. The lowest BCUT2D eigenvalue weighted by molar-refractivity contribution is -0.382.